The SMILES string of the molecule is CC(C)c1cccc(C(C)C)c1-n1c(-c2[c-]ccc3c2oc2ccccc23)nc2ccccc21.Oc1cccc2oc3cccnc3c12.[Ir]. The summed E-state index contributed by atoms with van der Waals surface area (Å²) in [5, 5.41) is 12.5. The number of para-hydroxylation sites is 4. The largest absolute Gasteiger partial charge is 0.507 e. The third kappa shape index (κ3) is 5.49. The van der Waals surface area contributed by atoms with Crippen LogP contribution in [-0.4, -0.2) is 19.6 Å². The van der Waals surface area contributed by atoms with Crippen molar-refractivity contribution in [3.63, 3.8) is 0 Å². The molecular weight excluding hydrogens is 787 g/mol. The van der Waals surface area contributed by atoms with E-state index in [1.165, 1.54) is 16.8 Å². The van der Waals surface area contributed by atoms with E-state index < -0.39 is 0 Å². The molecular formula is C42H34IrN3O3-. The quantitative estimate of drug-likeness (QED) is 0.179. The average Bonchev–Trinajstić information content (AvgIpc) is 3.80. The molecule has 0 unspecified atom stereocenters. The fraction of sp³-hybridized carbons (Fsp3) is 0.143. The summed E-state index contributed by atoms with van der Waals surface area (Å²) < 4.78 is 14.2. The fourth-order valence-corrected chi connectivity index (χ4v) is 6.67. The van der Waals surface area contributed by atoms with Crippen molar-refractivity contribution in [2.45, 2.75) is 39.5 Å². The summed E-state index contributed by atoms with van der Waals surface area (Å²) in [4.78, 5) is 9.33. The van der Waals surface area contributed by atoms with Gasteiger partial charge in [0, 0.05) is 37.4 Å². The van der Waals surface area contributed by atoms with E-state index in [2.05, 4.69) is 97.9 Å². The van der Waals surface area contributed by atoms with E-state index in [-0.39, 0.29) is 25.9 Å². The van der Waals surface area contributed by atoms with Gasteiger partial charge in [0.25, 0.3) is 0 Å². The Morgan fingerprint density at radius 3 is 2.18 bits per heavy atom. The molecule has 0 atom stereocenters. The average molecular weight is 821 g/mol. The molecule has 0 amide bonds. The van der Waals surface area contributed by atoms with Gasteiger partial charge in [-0.3, -0.25) is 9.97 Å². The minimum Gasteiger partial charge on any atom is -0.507 e. The third-order valence-corrected chi connectivity index (χ3v) is 8.92. The van der Waals surface area contributed by atoms with Crippen LogP contribution in [0.5, 0.6) is 5.75 Å². The smallest absolute Gasteiger partial charge is 0.154 e. The number of phenols is 1. The molecule has 1 radical (unpaired) electrons. The van der Waals surface area contributed by atoms with Crippen molar-refractivity contribution in [2.24, 2.45) is 0 Å². The molecule has 4 aromatic heterocycles. The van der Waals surface area contributed by atoms with E-state index in [0.29, 0.717) is 33.9 Å². The van der Waals surface area contributed by atoms with Gasteiger partial charge in [-0.25, -0.2) is 0 Å². The van der Waals surface area contributed by atoms with Crippen LogP contribution in [-0.2, 0) is 20.1 Å². The van der Waals surface area contributed by atoms with E-state index in [4.69, 9.17) is 13.8 Å². The third-order valence-electron chi connectivity index (χ3n) is 8.92. The molecule has 9 rings (SSSR count). The second-order valence-corrected chi connectivity index (χ2v) is 12.7. The minimum atomic E-state index is 0. The van der Waals surface area contributed by atoms with Crippen molar-refractivity contribution in [3.05, 3.63) is 133 Å². The van der Waals surface area contributed by atoms with Crippen molar-refractivity contribution < 1.29 is 34.0 Å². The number of furan rings is 2. The summed E-state index contributed by atoms with van der Waals surface area (Å²) in [6.45, 7) is 9.03. The number of fused-ring (bicyclic) bond motifs is 7. The summed E-state index contributed by atoms with van der Waals surface area (Å²) in [5.41, 5.74) is 10.6. The zero-order chi connectivity index (χ0) is 32.9. The maximum Gasteiger partial charge on any atom is 0.154 e. The van der Waals surface area contributed by atoms with Gasteiger partial charge < -0.3 is 18.5 Å². The number of nitrogens with zero attached hydrogens (tertiary/aromatic N) is 3. The van der Waals surface area contributed by atoms with Crippen molar-refractivity contribution in [1.29, 1.82) is 0 Å². The molecule has 0 fully saturated rings. The number of benzene rings is 5. The topological polar surface area (TPSA) is 77.2 Å². The van der Waals surface area contributed by atoms with Crippen LogP contribution in [0, 0.1) is 6.07 Å². The minimum absolute atomic E-state index is 0. The van der Waals surface area contributed by atoms with Gasteiger partial charge in [-0.05, 0) is 65.4 Å². The van der Waals surface area contributed by atoms with Crippen LogP contribution < -0.4 is 0 Å². The number of pyridine rings is 1. The van der Waals surface area contributed by atoms with Crippen molar-refractivity contribution in [1.82, 2.24) is 14.5 Å². The molecule has 4 heterocycles. The molecule has 6 nitrogen and oxygen atoms in total. The number of rotatable bonds is 4. The second-order valence-electron chi connectivity index (χ2n) is 12.7. The number of aromatic nitrogens is 3. The number of hydrogen-bond acceptors (Lipinski definition) is 5. The summed E-state index contributed by atoms with van der Waals surface area (Å²) in [6.07, 6.45) is 1.68. The fourth-order valence-electron chi connectivity index (χ4n) is 6.67. The maximum atomic E-state index is 9.66. The predicted molar refractivity (Wildman–Crippen MR) is 194 cm³/mol. The Kier molecular flexibility index (Phi) is 8.57. The number of phenolic OH excluding ortho intramolecular Hbond substituents is 1. The van der Waals surface area contributed by atoms with Crippen LogP contribution in [0.4, 0.5) is 0 Å². The predicted octanol–water partition coefficient (Wildman–Crippen LogP) is 11.3. The molecule has 245 valence electrons. The van der Waals surface area contributed by atoms with Gasteiger partial charge >= 0.3 is 0 Å². The molecule has 1 N–H and O–H groups in total. The first-order chi connectivity index (χ1) is 23.4. The van der Waals surface area contributed by atoms with E-state index in [0.717, 1.165) is 44.4 Å². The van der Waals surface area contributed by atoms with Crippen molar-refractivity contribution in [2.75, 3.05) is 0 Å². The summed E-state index contributed by atoms with van der Waals surface area (Å²) in [6, 6.07) is 39.6. The van der Waals surface area contributed by atoms with E-state index in [1.807, 2.05) is 42.5 Å². The standard InChI is InChI=1S/C31H27N2O.C11H7NO2.Ir/c1-19(2)21-12-9-13-22(20(3)4)29(21)33-27-17-7-6-16-26(27)32-31(33)25-15-10-14-24-23-11-5-8-18-28(23)34-30(24)25;13-7-3-1-4-8-10(7)11-9(14-8)5-2-6-12-11;/h5-14,16-20H,1-4H3;1-6,13H;/q-1;;. The Morgan fingerprint density at radius 1 is 0.694 bits per heavy atom. The van der Waals surface area contributed by atoms with Crippen LogP contribution in [0.25, 0.3) is 72.1 Å². The monoisotopic (exact) mass is 821 g/mol. The van der Waals surface area contributed by atoms with Crippen LogP contribution >= 0.6 is 0 Å². The number of imidazole rings is 1. The summed E-state index contributed by atoms with van der Waals surface area (Å²) >= 11 is 0. The summed E-state index contributed by atoms with van der Waals surface area (Å²) in [5.74, 6) is 1.81. The van der Waals surface area contributed by atoms with Crippen molar-refractivity contribution in [3.8, 4) is 22.8 Å². The molecule has 49 heavy (non-hydrogen) atoms. The van der Waals surface area contributed by atoms with Gasteiger partial charge in [0.1, 0.15) is 22.4 Å². The van der Waals surface area contributed by atoms with Gasteiger partial charge in [0.05, 0.1) is 27.8 Å². The number of hydrogen-bond donors (Lipinski definition) is 1. The molecule has 0 saturated heterocycles. The zero-order valence-corrected chi connectivity index (χ0v) is 30.0. The molecule has 9 aromatic rings. The Bertz CT molecular complexity index is 2580. The van der Waals surface area contributed by atoms with Crippen LogP contribution in [0.2, 0.25) is 0 Å². The molecule has 0 saturated carbocycles. The Hall–Kier alpha value is -5.23. The molecule has 0 aliphatic heterocycles. The van der Waals surface area contributed by atoms with E-state index in [9.17, 15) is 5.11 Å². The van der Waals surface area contributed by atoms with Gasteiger partial charge in [-0.1, -0.05) is 93.2 Å². The van der Waals surface area contributed by atoms with Crippen LogP contribution in [0.15, 0.2) is 124 Å². The summed E-state index contributed by atoms with van der Waals surface area (Å²) in [7, 11) is 0. The first kappa shape index (κ1) is 32.3. The molecule has 0 bridgehead atoms. The number of aromatic hydroxyl groups is 1. The molecule has 0 aliphatic carbocycles. The van der Waals surface area contributed by atoms with Gasteiger partial charge in [-0.15, -0.1) is 18.2 Å². The van der Waals surface area contributed by atoms with Crippen LogP contribution in [0.1, 0.15) is 50.7 Å². The second kappa shape index (κ2) is 13.0. The normalized spacial score (nSPS) is 11.6. The van der Waals surface area contributed by atoms with E-state index >= 15 is 0 Å². The van der Waals surface area contributed by atoms with Crippen molar-refractivity contribution >= 4 is 55.0 Å². The molecule has 0 aliphatic rings. The first-order valence-electron chi connectivity index (χ1n) is 16.3. The van der Waals surface area contributed by atoms with Gasteiger partial charge in [-0.2, -0.15) is 0 Å². The Labute approximate surface area is 297 Å². The van der Waals surface area contributed by atoms with E-state index in [1.54, 1.807) is 18.3 Å². The Balaban J connectivity index is 0.000000210. The molecule has 5 aromatic carbocycles. The Morgan fingerprint density at radius 2 is 1.39 bits per heavy atom. The van der Waals surface area contributed by atoms with Gasteiger partial charge in [0.2, 0.25) is 0 Å². The van der Waals surface area contributed by atoms with Crippen LogP contribution in [0.3, 0.4) is 0 Å². The molecule has 7 heteroatoms. The first-order valence-corrected chi connectivity index (χ1v) is 16.3. The maximum absolute atomic E-state index is 9.66. The zero-order valence-electron chi connectivity index (χ0n) is 27.6. The van der Waals surface area contributed by atoms with Gasteiger partial charge in [0.15, 0.2) is 5.58 Å². The molecule has 0 spiro atoms.